The Hall–Kier alpha value is -6.01. The van der Waals surface area contributed by atoms with Crippen molar-refractivity contribution in [2.24, 2.45) is 13.0 Å². The zero-order valence-corrected chi connectivity index (χ0v) is 42.5. The number of quaternary nitrogens is 1. The fourth-order valence-corrected chi connectivity index (χ4v) is 12.4. The van der Waals surface area contributed by atoms with Gasteiger partial charge in [-0.15, -0.1) is 0 Å². The molecule has 15 nitrogen and oxygen atoms in total. The summed E-state index contributed by atoms with van der Waals surface area (Å²) in [6.45, 7) is 14.1. The number of anilines is 1. The highest BCUT2D eigenvalue weighted by Gasteiger charge is 2.52. The van der Waals surface area contributed by atoms with E-state index in [1.54, 1.807) is 28.3 Å². The molecule has 0 bridgehead atoms. The van der Waals surface area contributed by atoms with Crippen LogP contribution in [0.4, 0.5) is 20.2 Å². The minimum atomic E-state index is -0.812. The number of nitrogens with one attached hydrogen (secondary N) is 1. The van der Waals surface area contributed by atoms with Crippen LogP contribution >= 0.6 is 0 Å². The molecule has 380 valence electrons. The topological polar surface area (TPSA) is 140 Å². The van der Waals surface area contributed by atoms with E-state index in [0.717, 1.165) is 78.3 Å². The van der Waals surface area contributed by atoms with Gasteiger partial charge in [0.1, 0.15) is 41.9 Å². The van der Waals surface area contributed by atoms with E-state index in [0.29, 0.717) is 62.3 Å². The maximum atomic E-state index is 16.0. The first kappa shape index (κ1) is 49.6. The zero-order chi connectivity index (χ0) is 50.8. The van der Waals surface area contributed by atoms with E-state index in [9.17, 15) is 24.5 Å². The zero-order valence-electron chi connectivity index (χ0n) is 42.5. The number of fused-ring (bicyclic) bond motifs is 2. The van der Waals surface area contributed by atoms with Crippen LogP contribution in [0, 0.1) is 27.7 Å². The van der Waals surface area contributed by atoms with Gasteiger partial charge in [0.05, 0.1) is 28.7 Å². The van der Waals surface area contributed by atoms with Gasteiger partial charge in [0.2, 0.25) is 12.5 Å². The van der Waals surface area contributed by atoms with Gasteiger partial charge in [-0.25, -0.2) is 23.1 Å². The summed E-state index contributed by atoms with van der Waals surface area (Å²) in [4.78, 5) is 65.1. The van der Waals surface area contributed by atoms with E-state index in [2.05, 4.69) is 56.9 Å². The largest absolute Gasteiger partial charge is 0.622 e. The van der Waals surface area contributed by atoms with Crippen molar-refractivity contribution in [3.63, 3.8) is 0 Å². The quantitative estimate of drug-likeness (QED) is 0.0997. The van der Waals surface area contributed by atoms with Crippen molar-refractivity contribution in [3.8, 4) is 0 Å². The van der Waals surface area contributed by atoms with Gasteiger partial charge >= 0.3 is 5.91 Å². The molecule has 6 aliphatic rings. The number of hydrogen-bond donors (Lipinski definition) is 1. The van der Waals surface area contributed by atoms with E-state index < -0.39 is 33.6 Å². The summed E-state index contributed by atoms with van der Waals surface area (Å²) >= 11 is 0. The number of likely N-dealkylation sites (tertiary alicyclic amines) is 2. The number of aromatic nitrogens is 2. The molecular weight excluding hydrogens is 919 g/mol. The van der Waals surface area contributed by atoms with Crippen LogP contribution in [-0.2, 0) is 28.6 Å². The maximum Gasteiger partial charge on any atom is 0.455 e. The molecule has 2 aromatic carbocycles. The molecule has 1 N–H and O–H groups in total. The lowest BCUT2D eigenvalue weighted by Gasteiger charge is -2.39. The van der Waals surface area contributed by atoms with E-state index in [1.807, 2.05) is 56.8 Å². The molecule has 0 spiro atoms. The Morgan fingerprint density at radius 2 is 1.74 bits per heavy atom. The van der Waals surface area contributed by atoms with Gasteiger partial charge in [-0.3, -0.25) is 28.9 Å². The van der Waals surface area contributed by atoms with Gasteiger partial charge < -0.3 is 20.0 Å². The number of nitrogens with zero attached hydrogens (tertiary/aromatic N) is 9. The molecule has 6 aliphatic heterocycles. The molecule has 4 fully saturated rings. The van der Waals surface area contributed by atoms with Crippen LogP contribution in [-0.4, -0.2) is 136 Å². The van der Waals surface area contributed by atoms with Crippen molar-refractivity contribution in [2.75, 3.05) is 70.9 Å². The Balaban J connectivity index is 0.716. The summed E-state index contributed by atoms with van der Waals surface area (Å²) in [6.07, 6.45) is 13.1. The third-order valence-electron chi connectivity index (χ3n) is 16.8. The number of aryl methyl sites for hydroxylation is 1. The van der Waals surface area contributed by atoms with Crippen molar-refractivity contribution in [3.05, 3.63) is 122 Å². The molecule has 0 saturated carbocycles. The highest BCUT2D eigenvalue weighted by Crippen LogP contribution is 2.45. The number of halogens is 2. The molecule has 8 heterocycles. The first-order chi connectivity index (χ1) is 34.4. The third-order valence-corrected chi connectivity index (χ3v) is 16.8. The highest BCUT2D eigenvalue weighted by atomic mass is 19.1. The molecule has 72 heavy (non-hydrogen) atoms. The Kier molecular flexibility index (Phi) is 13.4. The smallest absolute Gasteiger partial charge is 0.455 e. The second-order valence-corrected chi connectivity index (χ2v) is 21.6. The number of amides is 3. The van der Waals surface area contributed by atoms with Crippen molar-refractivity contribution >= 4 is 46.3 Å². The van der Waals surface area contributed by atoms with Crippen molar-refractivity contribution in [1.82, 2.24) is 34.2 Å². The van der Waals surface area contributed by atoms with Crippen LogP contribution in [0.3, 0.4) is 0 Å². The number of piperazine rings is 1. The van der Waals surface area contributed by atoms with Gasteiger partial charge in [0, 0.05) is 104 Å². The number of pyridine rings is 1. The van der Waals surface area contributed by atoms with E-state index in [-0.39, 0.29) is 60.0 Å². The number of benzene rings is 2. The molecule has 3 amide bonds. The molecule has 17 heteroatoms. The van der Waals surface area contributed by atoms with Gasteiger partial charge in [-0.1, -0.05) is 12.1 Å². The second-order valence-electron chi connectivity index (χ2n) is 21.6. The summed E-state index contributed by atoms with van der Waals surface area (Å²) in [6, 6.07) is 11.8. The number of hydroxylamine groups is 2. The maximum absolute atomic E-state index is 16.0. The monoisotopic (exact) mass is 987 g/mol. The van der Waals surface area contributed by atoms with Crippen LogP contribution < -0.4 is 14.9 Å². The summed E-state index contributed by atoms with van der Waals surface area (Å²) < 4.78 is 36.3. The van der Waals surface area contributed by atoms with Crippen LogP contribution in [0.5, 0.6) is 0 Å². The van der Waals surface area contributed by atoms with Crippen LogP contribution in [0.1, 0.15) is 111 Å². The molecule has 2 aromatic heterocycles. The summed E-state index contributed by atoms with van der Waals surface area (Å²) in [5.41, 5.74) is 5.27. The Morgan fingerprint density at radius 1 is 1.00 bits per heavy atom. The third kappa shape index (κ3) is 9.00. The van der Waals surface area contributed by atoms with Gasteiger partial charge in [-0.05, 0) is 120 Å². The first-order valence-electron chi connectivity index (χ1n) is 25.9. The summed E-state index contributed by atoms with van der Waals surface area (Å²) in [7, 11) is 3.80. The predicted molar refractivity (Wildman–Crippen MR) is 273 cm³/mol. The van der Waals surface area contributed by atoms with E-state index >= 15 is 8.78 Å². The standard InChI is InChI=1S/C55H68F2N10O5/c1-35-32-61(33-38-9-10-46-43(28-38)55(3,4)54(70)66(46)47-8-7-19-65(71)53(47)69)24-25-64(35)34-37-12-20-63(21-13-37)52(68)40-29-44(56)50(45(57)30-40)39-14-22-62(23-15-39)36(2)48-31-42-49(11-18-59-51(42)60(48)6)67(72)26-16-41(58-5)17-27-67/h9-11,16-18,26,28-31,34-37,39,47,58H,7-8,12-15,19-25,27,32-33H2,1-6H3/q+2/t35?,36-,47?,67?/m0/s1. The number of likely N-dealkylation sites (N-methyl/N-ethyl adjacent to an activating group) is 1. The van der Waals surface area contributed by atoms with Crippen molar-refractivity contribution < 1.29 is 32.5 Å². The average molecular weight is 987 g/mol. The normalized spacial score (nSPS) is 25.7. The minimum Gasteiger partial charge on any atom is -0.622 e. The Morgan fingerprint density at radius 3 is 2.42 bits per heavy atom. The summed E-state index contributed by atoms with van der Waals surface area (Å²) in [5.74, 6) is -2.42. The number of allylic oxidation sites excluding steroid dienone is 1. The molecule has 4 atom stereocenters. The van der Waals surface area contributed by atoms with Crippen LogP contribution in [0.2, 0.25) is 0 Å². The fourth-order valence-electron chi connectivity index (χ4n) is 12.4. The Labute approximate surface area is 420 Å². The molecule has 0 radical (unpaired) electrons. The number of rotatable bonds is 10. The molecule has 4 saturated heterocycles. The number of carbonyl (C=O) groups excluding carboxylic acids is 3. The molecular formula is C55H68F2N10O5+2. The van der Waals surface area contributed by atoms with Gasteiger partial charge in [0.25, 0.3) is 5.91 Å². The van der Waals surface area contributed by atoms with Crippen molar-refractivity contribution in [1.29, 1.82) is 0 Å². The molecule has 4 aromatic rings. The van der Waals surface area contributed by atoms with E-state index in [1.165, 1.54) is 12.1 Å². The molecule has 3 unspecified atom stereocenters. The average Bonchev–Trinajstić information content (AvgIpc) is 3.81. The molecule has 10 rings (SSSR count). The van der Waals surface area contributed by atoms with Gasteiger partial charge in [0.15, 0.2) is 18.6 Å². The molecule has 0 aliphatic carbocycles. The SMILES string of the molecule is CNC1=CC[N+]([O-])(c2ccnc3c2cc([C@H](C)N2CCC(c4c(F)cc(C(=O)N5CCC(C=[N+]6CCN(Cc7ccc8c(c7)C(C)(C)C(=O)N8C7CCC[N+](=O)C7=O)CC6C)CC5)cc4F)CC2)n3C)C=C1. The first-order valence-corrected chi connectivity index (χ1v) is 25.9. The van der Waals surface area contributed by atoms with Crippen LogP contribution in [0.25, 0.3) is 11.0 Å². The lowest BCUT2D eigenvalue weighted by atomic mass is 9.85. The number of hydrogen-bond acceptors (Lipinski definition) is 9. The predicted octanol–water partition coefficient (Wildman–Crippen LogP) is 7.16. The Bertz CT molecular complexity index is 2910. The number of carbonyl (C=O) groups is 3. The number of nitroso groups, excluding NO2 is 1. The number of piperidine rings is 3. The van der Waals surface area contributed by atoms with E-state index in [4.69, 9.17) is 0 Å². The summed E-state index contributed by atoms with van der Waals surface area (Å²) in [5, 5.41) is 17.9. The van der Waals surface area contributed by atoms with Crippen molar-refractivity contribution in [2.45, 2.75) is 102 Å². The lowest BCUT2D eigenvalue weighted by Crippen LogP contribution is -2.51. The lowest BCUT2D eigenvalue weighted by molar-refractivity contribution is -0.572. The van der Waals surface area contributed by atoms with Crippen LogP contribution in [0.15, 0.2) is 72.7 Å². The van der Waals surface area contributed by atoms with Gasteiger partial charge in [-0.2, -0.15) is 0 Å². The minimum absolute atomic E-state index is 0.0306. The fraction of sp³-hybridized carbons (Fsp3) is 0.509. The highest BCUT2D eigenvalue weighted by molar-refractivity contribution is 6.10. The second kappa shape index (κ2) is 19.4.